The van der Waals surface area contributed by atoms with Gasteiger partial charge in [0.1, 0.15) is 0 Å². The average molecular weight is 304 g/mol. The van der Waals surface area contributed by atoms with E-state index in [1.165, 1.54) is 0 Å². The monoisotopic (exact) mass is 304 g/mol. The molecule has 4 unspecified atom stereocenters. The van der Waals surface area contributed by atoms with E-state index in [9.17, 15) is 30.6 Å². The standard InChI is InChI=1S/C15H28O6/c16-10-4-11(17)7-14(20,6-10)2-1-3-15(21)8-12(18)5-13(19)9-15/h10-13,16-21H,1-9H2. The zero-order valence-corrected chi connectivity index (χ0v) is 12.4. The van der Waals surface area contributed by atoms with Crippen LogP contribution >= 0.6 is 0 Å². The van der Waals surface area contributed by atoms with Crippen LogP contribution in [0.1, 0.15) is 57.8 Å². The highest BCUT2D eigenvalue weighted by atomic mass is 16.3. The quantitative estimate of drug-likeness (QED) is 0.414. The van der Waals surface area contributed by atoms with Crippen molar-refractivity contribution in [2.24, 2.45) is 0 Å². The first kappa shape index (κ1) is 17.1. The van der Waals surface area contributed by atoms with Gasteiger partial charge in [0.05, 0.1) is 35.6 Å². The summed E-state index contributed by atoms with van der Waals surface area (Å²) < 4.78 is 0. The van der Waals surface area contributed by atoms with Crippen LogP contribution in [0.4, 0.5) is 0 Å². The van der Waals surface area contributed by atoms with E-state index in [-0.39, 0.29) is 25.7 Å². The maximum Gasteiger partial charge on any atom is 0.0697 e. The molecule has 2 aliphatic carbocycles. The Labute approximate surface area is 125 Å². The van der Waals surface area contributed by atoms with Gasteiger partial charge >= 0.3 is 0 Å². The molecule has 2 fully saturated rings. The highest BCUT2D eigenvalue weighted by Gasteiger charge is 2.40. The molecule has 0 aromatic heterocycles. The number of aliphatic hydroxyl groups excluding tert-OH is 4. The first-order valence-electron chi connectivity index (χ1n) is 7.87. The smallest absolute Gasteiger partial charge is 0.0697 e. The Morgan fingerprint density at radius 2 is 0.905 bits per heavy atom. The van der Waals surface area contributed by atoms with Crippen molar-refractivity contribution in [1.82, 2.24) is 0 Å². The number of hydrogen-bond acceptors (Lipinski definition) is 6. The lowest BCUT2D eigenvalue weighted by Gasteiger charge is -2.40. The molecule has 0 saturated heterocycles. The number of aliphatic hydroxyl groups is 6. The Kier molecular flexibility index (Phi) is 5.28. The van der Waals surface area contributed by atoms with E-state index in [1.54, 1.807) is 0 Å². The Balaban J connectivity index is 1.83. The minimum absolute atomic E-state index is 0.244. The maximum absolute atomic E-state index is 10.4. The predicted octanol–water partition coefficient (Wildman–Crippen LogP) is -0.570. The Morgan fingerprint density at radius 1 is 0.619 bits per heavy atom. The molecule has 21 heavy (non-hydrogen) atoms. The van der Waals surface area contributed by atoms with Crippen LogP contribution in [0.25, 0.3) is 0 Å². The van der Waals surface area contributed by atoms with Crippen molar-refractivity contribution in [3.05, 3.63) is 0 Å². The molecule has 124 valence electrons. The summed E-state index contributed by atoms with van der Waals surface area (Å²) in [5.41, 5.74) is -2.20. The van der Waals surface area contributed by atoms with Crippen molar-refractivity contribution in [1.29, 1.82) is 0 Å². The fraction of sp³-hybridized carbons (Fsp3) is 1.00. The molecule has 0 aromatic rings. The van der Waals surface area contributed by atoms with E-state index >= 15 is 0 Å². The van der Waals surface area contributed by atoms with Crippen LogP contribution in [0.2, 0.25) is 0 Å². The molecule has 0 heterocycles. The summed E-state index contributed by atoms with van der Waals surface area (Å²) in [7, 11) is 0. The van der Waals surface area contributed by atoms with Gasteiger partial charge in [0.15, 0.2) is 0 Å². The van der Waals surface area contributed by atoms with Crippen molar-refractivity contribution in [2.45, 2.75) is 93.4 Å². The summed E-state index contributed by atoms with van der Waals surface area (Å²) in [4.78, 5) is 0. The fourth-order valence-electron chi connectivity index (χ4n) is 4.04. The third-order valence-electron chi connectivity index (χ3n) is 4.83. The predicted molar refractivity (Wildman–Crippen MR) is 75.5 cm³/mol. The molecule has 2 rings (SSSR count). The van der Waals surface area contributed by atoms with Gasteiger partial charge in [-0.15, -0.1) is 0 Å². The lowest BCUT2D eigenvalue weighted by atomic mass is 9.75. The lowest BCUT2D eigenvalue weighted by molar-refractivity contribution is -0.109. The van der Waals surface area contributed by atoms with Crippen LogP contribution in [0, 0.1) is 0 Å². The van der Waals surface area contributed by atoms with E-state index in [0.717, 1.165) is 0 Å². The van der Waals surface area contributed by atoms with Crippen LogP contribution in [-0.4, -0.2) is 66.3 Å². The second kappa shape index (κ2) is 6.48. The topological polar surface area (TPSA) is 121 Å². The van der Waals surface area contributed by atoms with Crippen molar-refractivity contribution < 1.29 is 30.6 Å². The zero-order chi connectivity index (χ0) is 15.7. The van der Waals surface area contributed by atoms with Gasteiger partial charge in [-0.2, -0.15) is 0 Å². The number of rotatable bonds is 4. The maximum atomic E-state index is 10.4. The summed E-state index contributed by atoms with van der Waals surface area (Å²) in [5.74, 6) is 0. The first-order valence-corrected chi connectivity index (χ1v) is 7.87. The van der Waals surface area contributed by atoms with Crippen LogP contribution in [-0.2, 0) is 0 Å². The van der Waals surface area contributed by atoms with Gasteiger partial charge in [-0.05, 0) is 32.1 Å². The second-order valence-electron chi connectivity index (χ2n) is 7.21. The Hall–Kier alpha value is -0.240. The molecule has 0 radical (unpaired) electrons. The minimum atomic E-state index is -1.10. The van der Waals surface area contributed by atoms with Crippen molar-refractivity contribution in [3.63, 3.8) is 0 Å². The van der Waals surface area contributed by atoms with E-state index < -0.39 is 35.6 Å². The molecule has 0 aromatic carbocycles. The van der Waals surface area contributed by atoms with Gasteiger partial charge in [0.25, 0.3) is 0 Å². The van der Waals surface area contributed by atoms with Gasteiger partial charge in [-0.25, -0.2) is 0 Å². The molecular formula is C15H28O6. The van der Waals surface area contributed by atoms with Gasteiger partial charge < -0.3 is 30.6 Å². The molecule has 4 atom stereocenters. The van der Waals surface area contributed by atoms with Gasteiger partial charge in [-0.1, -0.05) is 0 Å². The highest BCUT2D eigenvalue weighted by Crippen LogP contribution is 2.37. The normalized spacial score (nSPS) is 48.3. The third-order valence-corrected chi connectivity index (χ3v) is 4.83. The summed E-state index contributed by atoms with van der Waals surface area (Å²) in [6, 6.07) is 0. The van der Waals surface area contributed by atoms with Gasteiger partial charge in [-0.3, -0.25) is 0 Å². The molecule has 6 heteroatoms. The number of hydrogen-bond donors (Lipinski definition) is 6. The summed E-state index contributed by atoms with van der Waals surface area (Å²) in [6.45, 7) is 0. The molecule has 0 spiro atoms. The van der Waals surface area contributed by atoms with Crippen LogP contribution < -0.4 is 0 Å². The third kappa shape index (κ3) is 4.87. The molecule has 6 nitrogen and oxygen atoms in total. The minimum Gasteiger partial charge on any atom is -0.393 e. The molecule has 6 N–H and O–H groups in total. The first-order chi connectivity index (χ1) is 9.70. The summed E-state index contributed by atoms with van der Waals surface area (Å²) in [5, 5.41) is 59.4. The highest BCUT2D eigenvalue weighted by molar-refractivity contribution is 4.93. The molecule has 0 amide bonds. The van der Waals surface area contributed by atoms with E-state index in [1.807, 2.05) is 0 Å². The second-order valence-corrected chi connectivity index (χ2v) is 7.21. The summed E-state index contributed by atoms with van der Waals surface area (Å²) >= 11 is 0. The fourth-order valence-corrected chi connectivity index (χ4v) is 4.04. The van der Waals surface area contributed by atoms with Crippen LogP contribution in [0.3, 0.4) is 0 Å². The molecule has 0 aliphatic heterocycles. The van der Waals surface area contributed by atoms with E-state index in [4.69, 9.17) is 0 Å². The Bertz CT molecular complexity index is 295. The average Bonchev–Trinajstić information content (AvgIpc) is 2.23. The van der Waals surface area contributed by atoms with E-state index in [2.05, 4.69) is 0 Å². The van der Waals surface area contributed by atoms with Gasteiger partial charge in [0, 0.05) is 25.7 Å². The molecule has 0 bridgehead atoms. The summed E-state index contributed by atoms with van der Waals surface area (Å²) in [6.07, 6.45) is 0.0793. The SMILES string of the molecule is OC1CC(O)CC(O)(CCCC2(O)CC(O)CC(O)C2)C1. The molecule has 2 aliphatic rings. The van der Waals surface area contributed by atoms with Crippen molar-refractivity contribution >= 4 is 0 Å². The molecule has 2 saturated carbocycles. The zero-order valence-electron chi connectivity index (χ0n) is 12.4. The Morgan fingerprint density at radius 3 is 1.19 bits per heavy atom. The van der Waals surface area contributed by atoms with Crippen molar-refractivity contribution in [3.8, 4) is 0 Å². The van der Waals surface area contributed by atoms with E-state index in [0.29, 0.717) is 32.1 Å². The largest absolute Gasteiger partial charge is 0.393 e. The van der Waals surface area contributed by atoms with Crippen LogP contribution in [0.15, 0.2) is 0 Å². The van der Waals surface area contributed by atoms with Crippen LogP contribution in [0.5, 0.6) is 0 Å². The molecular weight excluding hydrogens is 276 g/mol. The van der Waals surface area contributed by atoms with Gasteiger partial charge in [0.2, 0.25) is 0 Å². The van der Waals surface area contributed by atoms with Crippen molar-refractivity contribution in [2.75, 3.05) is 0 Å². The lowest BCUT2D eigenvalue weighted by Crippen LogP contribution is -2.45.